The van der Waals surface area contributed by atoms with Crippen molar-refractivity contribution in [2.45, 2.75) is 204 Å². The number of hydrogen-bond acceptors (Lipinski definition) is 18. The van der Waals surface area contributed by atoms with Crippen LogP contribution in [0.25, 0.3) is 0 Å². The van der Waals surface area contributed by atoms with Crippen molar-refractivity contribution >= 4 is 0 Å². The third-order valence-corrected chi connectivity index (χ3v) is 18.9. The third kappa shape index (κ3) is 7.84. The van der Waals surface area contributed by atoms with Crippen molar-refractivity contribution in [2.24, 2.45) is 44.3 Å². The van der Waals surface area contributed by atoms with Gasteiger partial charge in [-0.2, -0.15) is 0 Å². The minimum atomic E-state index is -1.81. The maximum Gasteiger partial charge on any atom is 0.187 e. The van der Waals surface area contributed by atoms with Crippen LogP contribution >= 0.6 is 0 Å². The normalized spacial score (nSPS) is 54.8. The zero-order valence-electron chi connectivity index (χ0n) is 39.4. The standard InChI is InChI=1S/C48H78O18/c1-22-31(53)33(55)37(59)41(62-22)66-39-26(19-61-40-36(58)34(56)32(54)25(18-49)63-40)64-42(38(60)35(39)57)65-30-11-12-44(4)27(45(30,5)20-50)10-13-46(6)28(44)9-8-23-24-16-43(2,3)14-15-48(24,21-51)29(52)17-47(23,46)7/h8-9,22,25-42,49-60H,10-21H2,1-7H3/t22-,25+,26+,27?,28?,29+,30-,31-,32+,33+,34-,35+,36+,37+,38+,39+,40+,41-,42-,44-,45-,46+,47+,48?/m0/s1. The van der Waals surface area contributed by atoms with E-state index in [4.69, 9.17) is 28.4 Å². The lowest BCUT2D eigenvalue weighted by Gasteiger charge is -2.70. The first kappa shape index (κ1) is 51.1. The first-order chi connectivity index (χ1) is 30.9. The van der Waals surface area contributed by atoms with Crippen LogP contribution in [0.2, 0.25) is 0 Å². The van der Waals surface area contributed by atoms with E-state index in [1.165, 1.54) is 18.1 Å². The van der Waals surface area contributed by atoms with E-state index in [9.17, 15) is 61.3 Å². The molecule has 12 N–H and O–H groups in total. The smallest absolute Gasteiger partial charge is 0.187 e. The lowest BCUT2D eigenvalue weighted by molar-refractivity contribution is -0.374. The predicted octanol–water partition coefficient (Wildman–Crippen LogP) is -0.495. The average Bonchev–Trinajstić information content (AvgIpc) is 3.27. The van der Waals surface area contributed by atoms with Crippen LogP contribution in [-0.2, 0) is 28.4 Å². The van der Waals surface area contributed by atoms with Gasteiger partial charge in [0.2, 0.25) is 0 Å². The molecule has 3 heterocycles. The molecule has 24 atom stereocenters. The molecular weight excluding hydrogens is 865 g/mol. The van der Waals surface area contributed by atoms with Crippen LogP contribution in [0, 0.1) is 44.3 Å². The first-order valence-corrected chi connectivity index (χ1v) is 24.1. The van der Waals surface area contributed by atoms with E-state index < -0.39 is 128 Å². The molecule has 8 rings (SSSR count). The molecule has 378 valence electrons. The second-order valence-electron chi connectivity index (χ2n) is 23.1. The lowest BCUT2D eigenvalue weighted by atomic mass is 9.35. The highest BCUT2D eigenvalue weighted by molar-refractivity contribution is 5.47. The molecule has 3 aliphatic heterocycles. The minimum absolute atomic E-state index is 0.0333. The quantitative estimate of drug-likeness (QED) is 0.123. The summed E-state index contributed by atoms with van der Waals surface area (Å²) in [6, 6.07) is 0. The Labute approximate surface area is 387 Å². The zero-order valence-corrected chi connectivity index (χ0v) is 39.4. The molecular formula is C48H78O18. The van der Waals surface area contributed by atoms with Gasteiger partial charge in [-0.3, -0.25) is 0 Å². The molecule has 8 aliphatic rings. The molecule has 3 saturated carbocycles. The summed E-state index contributed by atoms with van der Waals surface area (Å²) in [4.78, 5) is 0. The average molecular weight is 943 g/mol. The molecule has 0 bridgehead atoms. The van der Waals surface area contributed by atoms with Crippen molar-refractivity contribution in [3.63, 3.8) is 0 Å². The molecule has 0 spiro atoms. The second kappa shape index (κ2) is 18.1. The Morgan fingerprint density at radius 1 is 0.652 bits per heavy atom. The Hall–Kier alpha value is -1.24. The van der Waals surface area contributed by atoms with Crippen molar-refractivity contribution in [1.82, 2.24) is 0 Å². The van der Waals surface area contributed by atoms with Gasteiger partial charge in [0.25, 0.3) is 0 Å². The van der Waals surface area contributed by atoms with Crippen molar-refractivity contribution in [2.75, 3.05) is 26.4 Å². The molecule has 3 saturated heterocycles. The Bertz CT molecular complexity index is 1810. The van der Waals surface area contributed by atoms with Crippen LogP contribution in [0.3, 0.4) is 0 Å². The molecule has 18 nitrogen and oxygen atoms in total. The Morgan fingerprint density at radius 3 is 1.95 bits per heavy atom. The summed E-state index contributed by atoms with van der Waals surface area (Å²) in [5, 5.41) is 131. The molecule has 5 aliphatic carbocycles. The minimum Gasteiger partial charge on any atom is -0.396 e. The van der Waals surface area contributed by atoms with E-state index in [1.54, 1.807) is 0 Å². The molecule has 0 radical (unpaired) electrons. The number of allylic oxidation sites excluding steroid dienone is 3. The van der Waals surface area contributed by atoms with Crippen LogP contribution in [0.15, 0.2) is 23.3 Å². The third-order valence-electron chi connectivity index (χ3n) is 18.9. The fourth-order valence-corrected chi connectivity index (χ4v) is 14.4. The zero-order chi connectivity index (χ0) is 48.3. The highest BCUT2D eigenvalue weighted by Crippen LogP contribution is 2.74. The Balaban J connectivity index is 1.06. The van der Waals surface area contributed by atoms with Gasteiger partial charge >= 0.3 is 0 Å². The summed E-state index contributed by atoms with van der Waals surface area (Å²) in [6.07, 6.45) is -14.9. The monoisotopic (exact) mass is 943 g/mol. The number of fused-ring (bicyclic) bond motifs is 6. The number of aliphatic hydroxyl groups is 12. The number of rotatable bonds is 10. The summed E-state index contributed by atoms with van der Waals surface area (Å²) in [5.41, 5.74) is -0.0774. The SMILES string of the molecule is C[C@@H]1O[C@@H](O[C@H]2[C@H](O)[C@@H](O)[C@H](O[C@H]3CC[C@@]4(C)C(CC[C@]5(C)C4C=CC4=C6CC(C)(C)CCC6(CO)[C@H](O)C[C@]45C)[C@]3(C)CO)O[C@@H]2CO[C@@H]2O[C@H](CO)[C@@H](O)[C@H](O)[C@H]2O)[C@H](O)[C@H](O)[C@H]1O. The van der Waals surface area contributed by atoms with E-state index in [0.717, 1.165) is 32.1 Å². The van der Waals surface area contributed by atoms with Crippen molar-refractivity contribution in [3.05, 3.63) is 23.3 Å². The summed E-state index contributed by atoms with van der Waals surface area (Å²) < 4.78 is 36.1. The molecule has 3 unspecified atom stereocenters. The first-order valence-electron chi connectivity index (χ1n) is 24.1. The molecule has 0 aromatic heterocycles. The van der Waals surface area contributed by atoms with Gasteiger partial charge in [-0.05, 0) is 91.9 Å². The summed E-state index contributed by atoms with van der Waals surface area (Å²) >= 11 is 0. The highest BCUT2D eigenvalue weighted by Gasteiger charge is 2.69. The maximum absolute atomic E-state index is 12.1. The molecule has 0 aromatic rings. The van der Waals surface area contributed by atoms with E-state index in [0.29, 0.717) is 19.3 Å². The second-order valence-corrected chi connectivity index (χ2v) is 23.1. The lowest BCUT2D eigenvalue weighted by Crippen LogP contribution is -2.67. The van der Waals surface area contributed by atoms with E-state index >= 15 is 0 Å². The number of hydrogen-bond donors (Lipinski definition) is 12. The van der Waals surface area contributed by atoms with Crippen LogP contribution in [-0.4, -0.2) is 192 Å². The van der Waals surface area contributed by atoms with Crippen molar-refractivity contribution < 1.29 is 89.7 Å². The van der Waals surface area contributed by atoms with Gasteiger partial charge in [0.05, 0.1) is 44.7 Å². The molecule has 18 heteroatoms. The fourth-order valence-electron chi connectivity index (χ4n) is 14.4. The fraction of sp³-hybridized carbons (Fsp3) is 0.917. The van der Waals surface area contributed by atoms with Crippen LogP contribution < -0.4 is 0 Å². The molecule has 0 amide bonds. The number of ether oxygens (including phenoxy) is 6. The van der Waals surface area contributed by atoms with Gasteiger partial charge in [-0.1, -0.05) is 59.3 Å². The van der Waals surface area contributed by atoms with Gasteiger partial charge in [0.15, 0.2) is 18.9 Å². The van der Waals surface area contributed by atoms with Gasteiger partial charge in [-0.15, -0.1) is 0 Å². The topological polar surface area (TPSA) is 298 Å². The highest BCUT2D eigenvalue weighted by atomic mass is 16.8. The van der Waals surface area contributed by atoms with Gasteiger partial charge in [0, 0.05) is 16.2 Å². The van der Waals surface area contributed by atoms with Crippen molar-refractivity contribution in [3.8, 4) is 0 Å². The Morgan fingerprint density at radius 2 is 1.29 bits per heavy atom. The van der Waals surface area contributed by atoms with Crippen LogP contribution in [0.4, 0.5) is 0 Å². The van der Waals surface area contributed by atoms with Crippen molar-refractivity contribution in [1.29, 1.82) is 0 Å². The summed E-state index contributed by atoms with van der Waals surface area (Å²) in [5.74, 6) is -0.0380. The van der Waals surface area contributed by atoms with Gasteiger partial charge in [0.1, 0.15) is 67.1 Å². The number of aliphatic hydroxyl groups excluding tert-OH is 12. The van der Waals surface area contributed by atoms with E-state index in [1.807, 2.05) is 6.92 Å². The summed E-state index contributed by atoms with van der Waals surface area (Å²) in [7, 11) is 0. The van der Waals surface area contributed by atoms with E-state index in [2.05, 4.69) is 46.8 Å². The predicted molar refractivity (Wildman–Crippen MR) is 231 cm³/mol. The van der Waals surface area contributed by atoms with Crippen LogP contribution in [0.5, 0.6) is 0 Å². The molecule has 0 aromatic carbocycles. The maximum atomic E-state index is 12.1. The Kier molecular flexibility index (Phi) is 14.0. The van der Waals surface area contributed by atoms with Crippen LogP contribution in [0.1, 0.15) is 99.8 Å². The molecule has 6 fully saturated rings. The summed E-state index contributed by atoms with van der Waals surface area (Å²) in [6.45, 7) is 13.3. The molecule has 66 heavy (non-hydrogen) atoms. The van der Waals surface area contributed by atoms with Gasteiger partial charge in [-0.25, -0.2) is 0 Å². The van der Waals surface area contributed by atoms with Gasteiger partial charge < -0.3 is 89.7 Å². The van der Waals surface area contributed by atoms with E-state index in [-0.39, 0.29) is 46.7 Å². The largest absolute Gasteiger partial charge is 0.396 e.